The van der Waals surface area contributed by atoms with Gasteiger partial charge in [-0.3, -0.25) is 4.79 Å². The van der Waals surface area contributed by atoms with Gasteiger partial charge in [-0.1, -0.05) is 18.0 Å². The third-order valence-corrected chi connectivity index (χ3v) is 9.08. The van der Waals surface area contributed by atoms with E-state index in [1.807, 2.05) is 0 Å². The minimum Gasteiger partial charge on any atom is -0.315 e. The molecule has 1 aromatic carbocycles. The number of carbonyl (C=O) groups excluding carboxylic acids is 1. The number of hydrogen-bond acceptors (Lipinski definition) is 5. The lowest BCUT2D eigenvalue weighted by atomic mass is 10.1. The lowest BCUT2D eigenvalue weighted by Crippen LogP contribution is -2.43. The molecule has 1 amide bonds. The second-order valence-electron chi connectivity index (χ2n) is 7.60. The van der Waals surface area contributed by atoms with Crippen LogP contribution in [0.2, 0.25) is 5.02 Å². The highest BCUT2D eigenvalue weighted by molar-refractivity contribution is 7.89. The van der Waals surface area contributed by atoms with Crippen molar-refractivity contribution in [1.29, 1.82) is 5.26 Å². The normalized spacial score (nSPS) is 19.7. The molecule has 0 radical (unpaired) electrons. The molecule has 158 valence electrons. The molecule has 1 aromatic heterocycles. The summed E-state index contributed by atoms with van der Waals surface area (Å²) in [4.78, 5) is 14.3. The third kappa shape index (κ3) is 4.00. The Morgan fingerprint density at radius 3 is 2.63 bits per heavy atom. The second-order valence-corrected chi connectivity index (χ2v) is 11.0. The first-order valence-electron chi connectivity index (χ1n) is 10.0. The number of halogens is 1. The zero-order valence-electron chi connectivity index (χ0n) is 16.4. The van der Waals surface area contributed by atoms with Crippen LogP contribution in [-0.2, 0) is 27.7 Å². The number of carbonyl (C=O) groups is 1. The first-order chi connectivity index (χ1) is 14.4. The first-order valence-corrected chi connectivity index (χ1v) is 12.7. The lowest BCUT2D eigenvalue weighted by Gasteiger charge is -2.23. The zero-order chi connectivity index (χ0) is 21.3. The van der Waals surface area contributed by atoms with E-state index in [0.717, 1.165) is 42.5 Å². The van der Waals surface area contributed by atoms with E-state index in [1.165, 1.54) is 39.9 Å². The van der Waals surface area contributed by atoms with Crippen molar-refractivity contribution in [3.8, 4) is 6.07 Å². The van der Waals surface area contributed by atoms with Crippen molar-refractivity contribution in [3.05, 3.63) is 45.3 Å². The number of nitrogens with zero attached hydrogens (tertiary/aromatic N) is 2. The van der Waals surface area contributed by atoms with E-state index >= 15 is 0 Å². The smallest absolute Gasteiger partial charge is 0.243 e. The maximum absolute atomic E-state index is 13.1. The molecular formula is C21H22ClN3O3S2. The fraction of sp³-hybridized carbons (Fsp3) is 0.429. The van der Waals surface area contributed by atoms with E-state index in [2.05, 4.69) is 11.4 Å². The molecule has 1 fully saturated rings. The van der Waals surface area contributed by atoms with Crippen molar-refractivity contribution in [3.63, 3.8) is 0 Å². The molecule has 0 spiro atoms. The van der Waals surface area contributed by atoms with Crippen LogP contribution in [0.5, 0.6) is 0 Å². The third-order valence-electron chi connectivity index (χ3n) is 5.70. The summed E-state index contributed by atoms with van der Waals surface area (Å²) in [5.41, 5.74) is 1.59. The molecule has 2 heterocycles. The van der Waals surface area contributed by atoms with Gasteiger partial charge in [0.1, 0.15) is 17.1 Å². The average molecular weight is 464 g/mol. The summed E-state index contributed by atoms with van der Waals surface area (Å²) in [6, 6.07) is 7.42. The molecule has 6 nitrogen and oxygen atoms in total. The van der Waals surface area contributed by atoms with Crippen molar-refractivity contribution < 1.29 is 13.2 Å². The van der Waals surface area contributed by atoms with Gasteiger partial charge >= 0.3 is 0 Å². The van der Waals surface area contributed by atoms with Crippen LogP contribution < -0.4 is 5.32 Å². The van der Waals surface area contributed by atoms with Gasteiger partial charge < -0.3 is 5.32 Å². The van der Waals surface area contributed by atoms with E-state index in [1.54, 1.807) is 0 Å². The summed E-state index contributed by atoms with van der Waals surface area (Å²) in [7, 11) is -3.81. The van der Waals surface area contributed by atoms with Crippen molar-refractivity contribution in [2.45, 2.75) is 55.9 Å². The molecule has 1 aliphatic carbocycles. The van der Waals surface area contributed by atoms with Crippen LogP contribution in [0.4, 0.5) is 5.00 Å². The van der Waals surface area contributed by atoms with Gasteiger partial charge in [-0.05, 0) is 68.4 Å². The number of thiophene rings is 1. The second kappa shape index (κ2) is 8.67. The topological polar surface area (TPSA) is 90.3 Å². The molecule has 1 saturated heterocycles. The van der Waals surface area contributed by atoms with Crippen molar-refractivity contribution >= 4 is 43.9 Å². The van der Waals surface area contributed by atoms with Gasteiger partial charge in [-0.15, -0.1) is 11.3 Å². The highest BCUT2D eigenvalue weighted by atomic mass is 35.5. The SMILES string of the molecule is N#Cc1c(NC(=O)C2CCCN2S(=O)(=O)c2ccc(Cl)cc2)sc2c1CCCCC2. The molecule has 1 N–H and O–H groups in total. The summed E-state index contributed by atoms with van der Waals surface area (Å²) in [6.07, 6.45) is 6.11. The lowest BCUT2D eigenvalue weighted by molar-refractivity contribution is -0.119. The number of benzene rings is 1. The van der Waals surface area contributed by atoms with E-state index in [9.17, 15) is 18.5 Å². The van der Waals surface area contributed by atoms with E-state index in [0.29, 0.717) is 28.4 Å². The highest BCUT2D eigenvalue weighted by Crippen LogP contribution is 2.37. The molecule has 0 bridgehead atoms. The number of aryl methyl sites for hydroxylation is 1. The van der Waals surface area contributed by atoms with Gasteiger partial charge in [-0.25, -0.2) is 8.42 Å². The summed E-state index contributed by atoms with van der Waals surface area (Å²) in [5.74, 6) is -0.377. The number of fused-ring (bicyclic) bond motifs is 1. The van der Waals surface area contributed by atoms with E-state index in [4.69, 9.17) is 11.6 Å². The van der Waals surface area contributed by atoms with E-state index < -0.39 is 16.1 Å². The maximum atomic E-state index is 13.1. The molecule has 1 aliphatic heterocycles. The molecular weight excluding hydrogens is 442 g/mol. The van der Waals surface area contributed by atoms with Crippen molar-refractivity contribution in [1.82, 2.24) is 4.31 Å². The Hall–Kier alpha value is -1.92. The Morgan fingerprint density at radius 1 is 1.17 bits per heavy atom. The minimum atomic E-state index is -3.81. The van der Waals surface area contributed by atoms with Crippen LogP contribution in [0, 0.1) is 11.3 Å². The number of nitrogens with one attached hydrogen (secondary N) is 1. The summed E-state index contributed by atoms with van der Waals surface area (Å²) in [6.45, 7) is 0.287. The zero-order valence-corrected chi connectivity index (χ0v) is 18.7. The number of amides is 1. The number of rotatable bonds is 4. The Morgan fingerprint density at radius 2 is 1.90 bits per heavy atom. The summed E-state index contributed by atoms with van der Waals surface area (Å²) >= 11 is 7.33. The van der Waals surface area contributed by atoms with Crippen LogP contribution in [0.1, 0.15) is 48.1 Å². The number of hydrogen-bond donors (Lipinski definition) is 1. The molecule has 2 aromatic rings. The maximum Gasteiger partial charge on any atom is 0.243 e. The van der Waals surface area contributed by atoms with Crippen LogP contribution in [0.15, 0.2) is 29.2 Å². The number of sulfonamides is 1. The van der Waals surface area contributed by atoms with Gasteiger partial charge in [0.05, 0.1) is 10.5 Å². The highest BCUT2D eigenvalue weighted by Gasteiger charge is 2.40. The predicted molar refractivity (Wildman–Crippen MR) is 117 cm³/mol. The molecule has 0 saturated carbocycles. The predicted octanol–water partition coefficient (Wildman–Crippen LogP) is 4.33. The van der Waals surface area contributed by atoms with Gasteiger partial charge in [0.2, 0.25) is 15.9 Å². The van der Waals surface area contributed by atoms with Crippen LogP contribution in [-0.4, -0.2) is 31.2 Å². The average Bonchev–Trinajstić information content (AvgIpc) is 3.27. The van der Waals surface area contributed by atoms with E-state index in [-0.39, 0.29) is 17.3 Å². The first kappa shape index (κ1) is 21.3. The molecule has 4 rings (SSSR count). The number of anilines is 1. The fourth-order valence-corrected chi connectivity index (χ4v) is 7.20. The largest absolute Gasteiger partial charge is 0.315 e. The van der Waals surface area contributed by atoms with Gasteiger partial charge in [0, 0.05) is 16.4 Å². The summed E-state index contributed by atoms with van der Waals surface area (Å²) in [5, 5.41) is 13.5. The standard InChI is InChI=1S/C21H22ClN3O3S2/c22-14-8-10-15(11-9-14)30(27,28)25-12-4-6-18(25)20(26)24-21-17(13-23)16-5-2-1-3-7-19(16)29-21/h8-11,18H,1-7,12H2,(H,24,26). The molecule has 9 heteroatoms. The van der Waals surface area contributed by atoms with Gasteiger partial charge in [0.15, 0.2) is 0 Å². The van der Waals surface area contributed by atoms with Crippen LogP contribution in [0.25, 0.3) is 0 Å². The Bertz CT molecular complexity index is 1100. The Kier molecular flexibility index (Phi) is 6.16. The minimum absolute atomic E-state index is 0.118. The molecule has 2 aliphatic rings. The quantitative estimate of drug-likeness (QED) is 0.683. The molecule has 30 heavy (non-hydrogen) atoms. The van der Waals surface area contributed by atoms with Crippen molar-refractivity contribution in [2.24, 2.45) is 0 Å². The Balaban J connectivity index is 1.58. The van der Waals surface area contributed by atoms with Gasteiger partial charge in [-0.2, -0.15) is 9.57 Å². The molecule has 1 unspecified atom stereocenters. The summed E-state index contributed by atoms with van der Waals surface area (Å²) < 4.78 is 27.4. The van der Waals surface area contributed by atoms with Crippen molar-refractivity contribution in [2.75, 3.05) is 11.9 Å². The van der Waals surface area contributed by atoms with Gasteiger partial charge in [0.25, 0.3) is 0 Å². The van der Waals surface area contributed by atoms with Crippen LogP contribution >= 0.6 is 22.9 Å². The number of nitriles is 1. The monoisotopic (exact) mass is 463 g/mol. The fourth-order valence-electron chi connectivity index (χ4n) is 4.18. The Labute approximate surface area is 185 Å². The van der Waals surface area contributed by atoms with Crippen LogP contribution in [0.3, 0.4) is 0 Å². The molecule has 1 atom stereocenters.